The summed E-state index contributed by atoms with van der Waals surface area (Å²) in [5.74, 6) is 0.227. The smallest absolute Gasteiger partial charge is 0.206 e. The van der Waals surface area contributed by atoms with Gasteiger partial charge in [0, 0.05) is 23.1 Å². The molecule has 0 atom stereocenters. The van der Waals surface area contributed by atoms with E-state index in [0.717, 1.165) is 27.3 Å². The third-order valence-electron chi connectivity index (χ3n) is 3.59. The SMILES string of the molecule is CCN=c1scc(-c2ccccc2)n1N=C(C)c1ccccc1O. The number of nitrogens with zero attached hydrogens (tertiary/aromatic N) is 3. The van der Waals surface area contributed by atoms with Crippen LogP contribution in [0.1, 0.15) is 19.4 Å². The molecule has 0 aliphatic heterocycles. The van der Waals surface area contributed by atoms with Crippen LogP contribution < -0.4 is 4.80 Å². The minimum absolute atomic E-state index is 0.227. The summed E-state index contributed by atoms with van der Waals surface area (Å²) in [4.78, 5) is 5.37. The Morgan fingerprint density at radius 2 is 1.79 bits per heavy atom. The van der Waals surface area contributed by atoms with E-state index >= 15 is 0 Å². The van der Waals surface area contributed by atoms with Crippen LogP contribution in [0.3, 0.4) is 0 Å². The van der Waals surface area contributed by atoms with Crippen LogP contribution in [0.25, 0.3) is 11.3 Å². The van der Waals surface area contributed by atoms with Crippen LogP contribution in [0.4, 0.5) is 0 Å². The lowest BCUT2D eigenvalue weighted by Crippen LogP contribution is -2.14. The van der Waals surface area contributed by atoms with Crippen LogP contribution >= 0.6 is 11.3 Å². The van der Waals surface area contributed by atoms with Gasteiger partial charge in [-0.25, -0.2) is 4.68 Å². The van der Waals surface area contributed by atoms with Crippen LogP contribution in [-0.2, 0) is 0 Å². The van der Waals surface area contributed by atoms with Crippen LogP contribution in [0.15, 0.2) is 70.1 Å². The molecular formula is C19H19N3OS. The van der Waals surface area contributed by atoms with E-state index in [-0.39, 0.29) is 5.75 Å². The maximum absolute atomic E-state index is 10.1. The first kappa shape index (κ1) is 16.2. The van der Waals surface area contributed by atoms with Crippen LogP contribution in [0.2, 0.25) is 0 Å². The van der Waals surface area contributed by atoms with Crippen LogP contribution in [-0.4, -0.2) is 22.0 Å². The number of rotatable bonds is 4. The summed E-state index contributed by atoms with van der Waals surface area (Å²) in [6.45, 7) is 4.59. The van der Waals surface area contributed by atoms with Crippen molar-refractivity contribution >= 4 is 17.0 Å². The molecule has 3 rings (SSSR count). The monoisotopic (exact) mass is 337 g/mol. The van der Waals surface area contributed by atoms with Gasteiger partial charge in [-0.05, 0) is 26.0 Å². The molecule has 24 heavy (non-hydrogen) atoms. The van der Waals surface area contributed by atoms with E-state index in [1.54, 1.807) is 23.5 Å². The average molecular weight is 337 g/mol. The largest absolute Gasteiger partial charge is 0.507 e. The lowest BCUT2D eigenvalue weighted by molar-refractivity contribution is 0.474. The topological polar surface area (TPSA) is 49.9 Å². The summed E-state index contributed by atoms with van der Waals surface area (Å²) >= 11 is 1.56. The number of hydrogen-bond donors (Lipinski definition) is 1. The van der Waals surface area contributed by atoms with Crippen molar-refractivity contribution in [1.29, 1.82) is 0 Å². The molecule has 122 valence electrons. The molecule has 2 aromatic carbocycles. The number of hydrogen-bond acceptors (Lipinski definition) is 4. The molecule has 5 heteroatoms. The summed E-state index contributed by atoms with van der Waals surface area (Å²) in [6.07, 6.45) is 0. The molecule has 0 aliphatic carbocycles. The number of phenolic OH excluding ortho intramolecular Hbond substituents is 1. The van der Waals surface area contributed by atoms with Crippen molar-refractivity contribution < 1.29 is 5.11 Å². The van der Waals surface area contributed by atoms with Gasteiger partial charge in [0.25, 0.3) is 0 Å². The molecule has 0 saturated heterocycles. The van der Waals surface area contributed by atoms with Crippen molar-refractivity contribution in [2.45, 2.75) is 13.8 Å². The third kappa shape index (κ3) is 3.31. The van der Waals surface area contributed by atoms with Crippen molar-refractivity contribution in [3.8, 4) is 17.0 Å². The minimum Gasteiger partial charge on any atom is -0.507 e. The molecule has 0 radical (unpaired) electrons. The van der Waals surface area contributed by atoms with E-state index < -0.39 is 0 Å². The normalized spacial score (nSPS) is 12.6. The molecule has 0 spiro atoms. The summed E-state index contributed by atoms with van der Waals surface area (Å²) < 4.78 is 1.85. The van der Waals surface area contributed by atoms with E-state index in [1.165, 1.54) is 0 Å². The van der Waals surface area contributed by atoms with Gasteiger partial charge in [0.2, 0.25) is 4.80 Å². The van der Waals surface area contributed by atoms with Gasteiger partial charge in [0.1, 0.15) is 5.75 Å². The fourth-order valence-electron chi connectivity index (χ4n) is 2.43. The highest BCUT2D eigenvalue weighted by molar-refractivity contribution is 7.07. The zero-order chi connectivity index (χ0) is 16.9. The van der Waals surface area contributed by atoms with Crippen LogP contribution in [0, 0.1) is 0 Å². The Kier molecular flexibility index (Phi) is 4.91. The maximum atomic E-state index is 10.1. The number of thiazole rings is 1. The maximum Gasteiger partial charge on any atom is 0.206 e. The minimum atomic E-state index is 0.227. The fraction of sp³-hybridized carbons (Fsp3) is 0.158. The van der Waals surface area contributed by atoms with Gasteiger partial charge in [0.05, 0.1) is 11.4 Å². The number of aromatic hydroxyl groups is 1. The second kappa shape index (κ2) is 7.27. The molecule has 4 nitrogen and oxygen atoms in total. The lowest BCUT2D eigenvalue weighted by atomic mass is 10.1. The third-order valence-corrected chi connectivity index (χ3v) is 4.45. The first-order valence-electron chi connectivity index (χ1n) is 7.81. The second-order valence-electron chi connectivity index (χ2n) is 5.26. The molecule has 0 bridgehead atoms. The Bertz CT molecular complexity index is 923. The molecule has 1 aromatic heterocycles. The Morgan fingerprint density at radius 1 is 1.08 bits per heavy atom. The molecule has 0 amide bonds. The van der Waals surface area contributed by atoms with Gasteiger partial charge < -0.3 is 5.11 Å². The Labute approximate surface area is 145 Å². The predicted molar refractivity (Wildman–Crippen MR) is 99.6 cm³/mol. The van der Waals surface area contributed by atoms with E-state index in [1.807, 2.05) is 48.9 Å². The summed E-state index contributed by atoms with van der Waals surface area (Å²) in [7, 11) is 0. The van der Waals surface area contributed by atoms with Crippen molar-refractivity contribution in [3.63, 3.8) is 0 Å². The van der Waals surface area contributed by atoms with Gasteiger partial charge in [-0.1, -0.05) is 42.5 Å². The van der Waals surface area contributed by atoms with Crippen molar-refractivity contribution in [1.82, 2.24) is 4.68 Å². The number of para-hydroxylation sites is 1. The first-order chi connectivity index (χ1) is 11.7. The Morgan fingerprint density at radius 3 is 2.50 bits per heavy atom. The fourth-order valence-corrected chi connectivity index (χ4v) is 3.33. The molecular weight excluding hydrogens is 318 g/mol. The molecule has 0 fully saturated rings. The van der Waals surface area contributed by atoms with Gasteiger partial charge in [-0.3, -0.25) is 4.99 Å². The molecule has 0 aliphatic rings. The molecule has 0 saturated carbocycles. The van der Waals surface area contributed by atoms with Crippen LogP contribution in [0.5, 0.6) is 5.75 Å². The molecule has 3 aromatic rings. The van der Waals surface area contributed by atoms with E-state index in [0.29, 0.717) is 6.54 Å². The van der Waals surface area contributed by atoms with E-state index in [4.69, 9.17) is 5.10 Å². The zero-order valence-corrected chi connectivity index (χ0v) is 14.5. The van der Waals surface area contributed by atoms with E-state index in [9.17, 15) is 5.11 Å². The standard InChI is InChI=1S/C19H19N3OS/c1-3-20-19-22(17(13-24-19)15-9-5-4-6-10-15)21-14(2)16-11-7-8-12-18(16)23/h4-13,23H,3H2,1-2H3. The number of benzene rings is 2. The van der Waals surface area contributed by atoms with Gasteiger partial charge in [-0.2, -0.15) is 5.10 Å². The Balaban J connectivity index is 2.16. The highest BCUT2D eigenvalue weighted by atomic mass is 32.1. The summed E-state index contributed by atoms with van der Waals surface area (Å²) in [5.41, 5.74) is 3.53. The van der Waals surface area contributed by atoms with Gasteiger partial charge in [0.15, 0.2) is 0 Å². The first-order valence-corrected chi connectivity index (χ1v) is 8.69. The van der Waals surface area contributed by atoms with Gasteiger partial charge >= 0.3 is 0 Å². The van der Waals surface area contributed by atoms with Gasteiger partial charge in [-0.15, -0.1) is 11.3 Å². The number of aromatic nitrogens is 1. The average Bonchev–Trinajstić information content (AvgIpc) is 2.99. The second-order valence-corrected chi connectivity index (χ2v) is 6.09. The molecule has 1 heterocycles. The number of phenols is 1. The lowest BCUT2D eigenvalue weighted by Gasteiger charge is -2.07. The molecule has 0 unspecified atom stereocenters. The zero-order valence-electron chi connectivity index (χ0n) is 13.7. The van der Waals surface area contributed by atoms with Crippen molar-refractivity contribution in [3.05, 3.63) is 70.3 Å². The highest BCUT2D eigenvalue weighted by Crippen LogP contribution is 2.21. The Hall–Kier alpha value is -2.66. The summed E-state index contributed by atoms with van der Waals surface area (Å²) in [6, 6.07) is 17.3. The van der Waals surface area contributed by atoms with Crippen molar-refractivity contribution in [2.24, 2.45) is 10.1 Å². The summed E-state index contributed by atoms with van der Waals surface area (Å²) in [5, 5.41) is 16.9. The predicted octanol–water partition coefficient (Wildman–Crippen LogP) is 4.12. The molecule has 1 N–H and O–H groups in total. The van der Waals surface area contributed by atoms with E-state index in [2.05, 4.69) is 22.5 Å². The van der Waals surface area contributed by atoms with Crippen molar-refractivity contribution in [2.75, 3.05) is 6.54 Å². The quantitative estimate of drug-likeness (QED) is 0.716. The highest BCUT2D eigenvalue weighted by Gasteiger charge is 2.09.